The number of nitrogens with zero attached hydrogens (tertiary/aromatic N) is 5. The Morgan fingerprint density at radius 3 is 2.62 bits per heavy atom. The average Bonchev–Trinajstić information content (AvgIpc) is 3.44. The number of carbonyl (C=O) groups excluding carboxylic acids is 2. The number of allylic oxidation sites excluding steroid dienone is 1. The predicted octanol–water partition coefficient (Wildman–Crippen LogP) is 3.33. The van der Waals surface area contributed by atoms with Crippen LogP contribution in [0.1, 0.15) is 51.0 Å². The van der Waals surface area contributed by atoms with Gasteiger partial charge in [-0.25, -0.2) is 4.99 Å². The highest BCUT2D eigenvalue weighted by Gasteiger charge is 2.38. The zero-order valence-corrected chi connectivity index (χ0v) is 25.1. The number of amidine groups is 1. The molecule has 0 saturated carbocycles. The molecular weight excluding hydrogens is 558 g/mol. The largest absolute Gasteiger partial charge is 0.381 e. The van der Waals surface area contributed by atoms with Crippen molar-refractivity contribution in [2.24, 2.45) is 10.7 Å². The Labute approximate surface area is 250 Å². The Morgan fingerprint density at radius 2 is 2.00 bits per heavy atom. The van der Waals surface area contributed by atoms with Gasteiger partial charge in [0, 0.05) is 72.6 Å². The first-order valence-corrected chi connectivity index (χ1v) is 14.9. The highest BCUT2D eigenvalue weighted by atomic mass is 35.5. The lowest BCUT2D eigenvalue weighted by Gasteiger charge is -2.41. The van der Waals surface area contributed by atoms with Crippen LogP contribution in [0.3, 0.4) is 0 Å². The standard InChI is InChI=1S/C30H38ClN7O4/c1-4-20-15-25(24-6-5-21(16-26(24)31)28-35-19(3)42-36-28)30(40)38(23-7-11-37(12-8-23)27(39)17-32)29(20)34-18(2)33-22-9-13-41-14-10-22/h4-6,15-16,18,22-23,33H,7-14,17,32H2,1-3H3/b20-4-,34-29+. The molecule has 5 rings (SSSR count). The van der Waals surface area contributed by atoms with Crippen LogP contribution in [0.4, 0.5) is 0 Å². The van der Waals surface area contributed by atoms with Gasteiger partial charge < -0.3 is 19.9 Å². The van der Waals surface area contributed by atoms with Crippen molar-refractivity contribution in [3.8, 4) is 11.4 Å². The number of nitrogens with one attached hydrogen (secondary N) is 1. The van der Waals surface area contributed by atoms with Gasteiger partial charge in [-0.15, -0.1) is 0 Å². The number of halogens is 1. The van der Waals surface area contributed by atoms with Gasteiger partial charge in [-0.05, 0) is 51.7 Å². The molecule has 2 fully saturated rings. The lowest BCUT2D eigenvalue weighted by molar-refractivity contribution is -0.131. The number of amides is 2. The van der Waals surface area contributed by atoms with Crippen molar-refractivity contribution < 1.29 is 18.8 Å². The van der Waals surface area contributed by atoms with Gasteiger partial charge in [-0.2, -0.15) is 4.98 Å². The lowest BCUT2D eigenvalue weighted by Crippen LogP contribution is -2.54. The molecule has 1 unspecified atom stereocenters. The Bertz CT molecular complexity index is 1400. The minimum atomic E-state index is -0.219. The summed E-state index contributed by atoms with van der Waals surface area (Å²) < 4.78 is 10.6. The second-order valence-electron chi connectivity index (χ2n) is 10.8. The number of carbonyl (C=O) groups is 2. The molecule has 1 atom stereocenters. The minimum Gasteiger partial charge on any atom is -0.381 e. The second kappa shape index (κ2) is 13.3. The summed E-state index contributed by atoms with van der Waals surface area (Å²) >= 11 is 6.78. The molecule has 2 amide bonds. The molecule has 224 valence electrons. The van der Waals surface area contributed by atoms with Gasteiger partial charge in [0.25, 0.3) is 5.91 Å². The van der Waals surface area contributed by atoms with Crippen LogP contribution in [0.2, 0.25) is 5.02 Å². The van der Waals surface area contributed by atoms with E-state index < -0.39 is 0 Å². The maximum atomic E-state index is 14.4. The molecule has 0 bridgehead atoms. The van der Waals surface area contributed by atoms with Gasteiger partial charge in [0.2, 0.25) is 17.6 Å². The number of benzene rings is 1. The Hall–Kier alpha value is -3.38. The van der Waals surface area contributed by atoms with Crippen molar-refractivity contribution in [3.63, 3.8) is 0 Å². The van der Waals surface area contributed by atoms with E-state index in [1.54, 1.807) is 17.9 Å². The molecule has 4 heterocycles. The summed E-state index contributed by atoms with van der Waals surface area (Å²) in [6.45, 7) is 8.15. The number of aryl methyl sites for hydroxylation is 1. The van der Waals surface area contributed by atoms with E-state index in [4.69, 9.17) is 31.6 Å². The normalized spacial score (nSPS) is 21.7. The van der Waals surface area contributed by atoms with E-state index in [-0.39, 0.29) is 30.6 Å². The number of rotatable bonds is 7. The van der Waals surface area contributed by atoms with Gasteiger partial charge in [0.15, 0.2) is 0 Å². The summed E-state index contributed by atoms with van der Waals surface area (Å²) in [6, 6.07) is 5.55. The number of hydrogen-bond acceptors (Lipinski definition) is 9. The van der Waals surface area contributed by atoms with Gasteiger partial charge in [-0.1, -0.05) is 35.0 Å². The molecule has 0 spiro atoms. The topological polar surface area (TPSA) is 139 Å². The summed E-state index contributed by atoms with van der Waals surface area (Å²) in [7, 11) is 0. The number of ether oxygens (including phenoxy) is 1. The first-order chi connectivity index (χ1) is 20.3. The number of hydrogen-bond donors (Lipinski definition) is 2. The molecule has 0 radical (unpaired) electrons. The monoisotopic (exact) mass is 595 g/mol. The molecule has 42 heavy (non-hydrogen) atoms. The molecule has 11 nitrogen and oxygen atoms in total. The first kappa shape index (κ1) is 30.1. The van der Waals surface area contributed by atoms with Crippen LogP contribution in [-0.4, -0.2) is 88.7 Å². The molecule has 3 aliphatic heterocycles. The molecule has 3 N–H and O–H groups in total. The van der Waals surface area contributed by atoms with Crippen LogP contribution in [-0.2, 0) is 14.3 Å². The third kappa shape index (κ3) is 6.49. The molecule has 12 heteroatoms. The van der Waals surface area contributed by atoms with Gasteiger partial charge >= 0.3 is 0 Å². The highest BCUT2D eigenvalue weighted by molar-refractivity contribution is 6.37. The second-order valence-corrected chi connectivity index (χ2v) is 11.2. The van der Waals surface area contributed by atoms with E-state index in [1.165, 1.54) is 0 Å². The van der Waals surface area contributed by atoms with Crippen molar-refractivity contribution in [2.75, 3.05) is 32.8 Å². The molecule has 3 aliphatic rings. The summed E-state index contributed by atoms with van der Waals surface area (Å²) in [5.74, 6) is 1.25. The quantitative estimate of drug-likeness (QED) is 0.497. The molecule has 1 aromatic carbocycles. The van der Waals surface area contributed by atoms with Crippen LogP contribution in [0.15, 0.2) is 45.4 Å². The van der Waals surface area contributed by atoms with Gasteiger partial charge in [0.1, 0.15) is 5.84 Å². The van der Waals surface area contributed by atoms with E-state index in [2.05, 4.69) is 15.5 Å². The van der Waals surface area contributed by atoms with E-state index >= 15 is 0 Å². The Morgan fingerprint density at radius 1 is 1.26 bits per heavy atom. The number of aromatic nitrogens is 2. The van der Waals surface area contributed by atoms with Crippen molar-refractivity contribution >= 4 is 34.8 Å². The molecule has 2 aromatic rings. The fourth-order valence-corrected chi connectivity index (χ4v) is 6.03. The molecule has 1 aromatic heterocycles. The zero-order chi connectivity index (χ0) is 29.8. The lowest BCUT2D eigenvalue weighted by atomic mass is 9.92. The van der Waals surface area contributed by atoms with E-state index in [0.29, 0.717) is 71.2 Å². The number of aliphatic imine (C=N–C) groups is 1. The van der Waals surface area contributed by atoms with Crippen LogP contribution in [0, 0.1) is 6.92 Å². The van der Waals surface area contributed by atoms with E-state index in [1.807, 2.05) is 43.0 Å². The predicted molar refractivity (Wildman–Crippen MR) is 161 cm³/mol. The molecule has 0 aliphatic carbocycles. The Kier molecular flexibility index (Phi) is 9.52. The average molecular weight is 596 g/mol. The smallest absolute Gasteiger partial charge is 0.260 e. The van der Waals surface area contributed by atoms with E-state index in [9.17, 15) is 9.59 Å². The van der Waals surface area contributed by atoms with E-state index in [0.717, 1.165) is 31.6 Å². The molecule has 2 saturated heterocycles. The molecular formula is C30H38ClN7O4. The summed E-state index contributed by atoms with van der Waals surface area (Å²) in [5, 5.41) is 7.98. The zero-order valence-electron chi connectivity index (χ0n) is 24.3. The fourth-order valence-electron chi connectivity index (χ4n) is 5.75. The van der Waals surface area contributed by atoms with Crippen molar-refractivity contribution in [1.82, 2.24) is 25.3 Å². The SMILES string of the molecule is C/C=C1/C=C(c2ccc(-c3noc(C)n3)cc2Cl)C(=O)N(C2CCN(C(=O)CN)CC2)/C1=N/C(C)NC1CCOCC1. The van der Waals surface area contributed by atoms with Crippen LogP contribution in [0.25, 0.3) is 17.0 Å². The number of likely N-dealkylation sites (tertiary alicyclic amines) is 1. The van der Waals surface area contributed by atoms with Crippen LogP contribution >= 0.6 is 11.6 Å². The van der Waals surface area contributed by atoms with Crippen molar-refractivity contribution in [1.29, 1.82) is 0 Å². The van der Waals surface area contributed by atoms with Gasteiger partial charge in [-0.3, -0.25) is 19.8 Å². The van der Waals surface area contributed by atoms with Gasteiger partial charge in [0.05, 0.1) is 12.7 Å². The maximum Gasteiger partial charge on any atom is 0.260 e. The fraction of sp³-hybridized carbons (Fsp3) is 0.500. The maximum absolute atomic E-state index is 14.4. The summed E-state index contributed by atoms with van der Waals surface area (Å²) in [6.07, 6.45) is 6.69. The van der Waals surface area contributed by atoms with Crippen LogP contribution < -0.4 is 11.1 Å². The van der Waals surface area contributed by atoms with Crippen LogP contribution in [0.5, 0.6) is 0 Å². The third-order valence-corrected chi connectivity index (χ3v) is 8.28. The number of nitrogens with two attached hydrogens (primary N) is 1. The Balaban J connectivity index is 1.49. The first-order valence-electron chi connectivity index (χ1n) is 14.5. The number of piperidine rings is 1. The summed E-state index contributed by atoms with van der Waals surface area (Å²) in [5.41, 5.74) is 8.22. The summed E-state index contributed by atoms with van der Waals surface area (Å²) in [4.78, 5) is 39.5. The van der Waals surface area contributed by atoms with Crippen molar-refractivity contribution in [2.45, 2.75) is 64.7 Å². The van der Waals surface area contributed by atoms with Crippen molar-refractivity contribution in [3.05, 3.63) is 52.4 Å². The minimum absolute atomic E-state index is 0.0249. The highest BCUT2D eigenvalue weighted by Crippen LogP contribution is 2.35. The third-order valence-electron chi connectivity index (χ3n) is 7.96.